The first-order valence-corrected chi connectivity index (χ1v) is 5.96. The summed E-state index contributed by atoms with van der Waals surface area (Å²) in [6.07, 6.45) is 1.50. The lowest BCUT2D eigenvalue weighted by atomic mass is 9.97. The normalized spacial score (nSPS) is 27.4. The van der Waals surface area contributed by atoms with E-state index in [1.807, 2.05) is 29.2 Å². The van der Waals surface area contributed by atoms with Crippen molar-refractivity contribution in [2.24, 2.45) is 0 Å². The molecule has 2 aliphatic heterocycles. The van der Waals surface area contributed by atoms with Gasteiger partial charge in [-0.15, -0.1) is 0 Å². The van der Waals surface area contributed by atoms with Gasteiger partial charge in [0.05, 0.1) is 7.11 Å². The summed E-state index contributed by atoms with van der Waals surface area (Å²) in [7, 11) is 1.66. The number of amides is 1. The molecule has 2 fully saturated rings. The third-order valence-electron chi connectivity index (χ3n) is 3.78. The summed E-state index contributed by atoms with van der Waals surface area (Å²) < 4.78 is 5.16. The van der Waals surface area contributed by atoms with E-state index in [2.05, 4.69) is 5.32 Å². The molecular formula is C13H16N2O2. The maximum Gasteiger partial charge on any atom is 0.224 e. The SMILES string of the molecule is COc1ccc(C23CCC(=O)N2CCN3)cc1. The summed E-state index contributed by atoms with van der Waals surface area (Å²) in [4.78, 5) is 13.8. The Morgan fingerprint density at radius 1 is 1.35 bits per heavy atom. The highest BCUT2D eigenvalue weighted by Crippen LogP contribution is 2.39. The van der Waals surface area contributed by atoms with Crippen LogP contribution in [-0.2, 0) is 10.5 Å². The second-order valence-corrected chi connectivity index (χ2v) is 4.56. The van der Waals surface area contributed by atoms with E-state index in [9.17, 15) is 4.79 Å². The zero-order valence-electron chi connectivity index (χ0n) is 9.90. The van der Waals surface area contributed by atoms with Crippen molar-refractivity contribution in [2.75, 3.05) is 20.2 Å². The van der Waals surface area contributed by atoms with Crippen molar-refractivity contribution in [3.8, 4) is 5.75 Å². The molecule has 17 heavy (non-hydrogen) atoms. The molecule has 1 unspecified atom stereocenters. The first-order chi connectivity index (χ1) is 8.26. The molecule has 1 N–H and O–H groups in total. The molecule has 0 aliphatic carbocycles. The van der Waals surface area contributed by atoms with Crippen molar-refractivity contribution < 1.29 is 9.53 Å². The Bertz CT molecular complexity index is 443. The maximum atomic E-state index is 11.8. The van der Waals surface area contributed by atoms with Crippen molar-refractivity contribution in [3.05, 3.63) is 29.8 Å². The minimum absolute atomic E-state index is 0.255. The van der Waals surface area contributed by atoms with Crippen molar-refractivity contribution >= 4 is 5.91 Å². The van der Waals surface area contributed by atoms with Gasteiger partial charge in [-0.3, -0.25) is 10.1 Å². The molecule has 0 radical (unpaired) electrons. The number of rotatable bonds is 2. The number of carbonyl (C=O) groups is 1. The van der Waals surface area contributed by atoms with E-state index in [4.69, 9.17) is 4.74 Å². The van der Waals surface area contributed by atoms with Gasteiger partial charge in [0.2, 0.25) is 5.91 Å². The topological polar surface area (TPSA) is 41.6 Å². The Kier molecular flexibility index (Phi) is 2.33. The van der Waals surface area contributed by atoms with Gasteiger partial charge in [0.15, 0.2) is 0 Å². The molecule has 2 aliphatic rings. The van der Waals surface area contributed by atoms with Crippen LogP contribution in [0.2, 0.25) is 0 Å². The van der Waals surface area contributed by atoms with E-state index in [1.165, 1.54) is 0 Å². The number of fused-ring (bicyclic) bond motifs is 1. The van der Waals surface area contributed by atoms with E-state index in [-0.39, 0.29) is 11.6 Å². The molecule has 1 aromatic carbocycles. The van der Waals surface area contributed by atoms with Crippen molar-refractivity contribution in [1.29, 1.82) is 0 Å². The van der Waals surface area contributed by atoms with Gasteiger partial charge in [-0.1, -0.05) is 12.1 Å². The molecule has 1 atom stereocenters. The molecular weight excluding hydrogens is 216 g/mol. The highest BCUT2D eigenvalue weighted by atomic mass is 16.5. The number of nitrogens with zero attached hydrogens (tertiary/aromatic N) is 1. The molecule has 0 saturated carbocycles. The van der Waals surface area contributed by atoms with Crippen molar-refractivity contribution in [3.63, 3.8) is 0 Å². The van der Waals surface area contributed by atoms with Gasteiger partial charge in [0.1, 0.15) is 11.4 Å². The van der Waals surface area contributed by atoms with Crippen molar-refractivity contribution in [1.82, 2.24) is 10.2 Å². The minimum Gasteiger partial charge on any atom is -0.497 e. The van der Waals surface area contributed by atoms with Crippen LogP contribution in [0.25, 0.3) is 0 Å². The Morgan fingerprint density at radius 3 is 2.82 bits per heavy atom. The lowest BCUT2D eigenvalue weighted by Crippen LogP contribution is -2.45. The predicted molar refractivity (Wildman–Crippen MR) is 63.6 cm³/mol. The van der Waals surface area contributed by atoms with Gasteiger partial charge in [0.25, 0.3) is 0 Å². The van der Waals surface area contributed by atoms with Crippen LogP contribution in [0.3, 0.4) is 0 Å². The third-order valence-corrected chi connectivity index (χ3v) is 3.78. The zero-order chi connectivity index (χ0) is 11.9. The van der Waals surface area contributed by atoms with Crippen LogP contribution in [0.5, 0.6) is 5.75 Å². The largest absolute Gasteiger partial charge is 0.497 e. The van der Waals surface area contributed by atoms with Crippen LogP contribution < -0.4 is 10.1 Å². The average molecular weight is 232 g/mol. The molecule has 0 bridgehead atoms. The molecule has 90 valence electrons. The monoisotopic (exact) mass is 232 g/mol. The lowest BCUT2D eigenvalue weighted by molar-refractivity contribution is -0.130. The van der Waals surface area contributed by atoms with Crippen LogP contribution in [0.15, 0.2) is 24.3 Å². The van der Waals surface area contributed by atoms with E-state index >= 15 is 0 Å². The number of benzene rings is 1. The van der Waals surface area contributed by atoms with Gasteiger partial charge in [-0.05, 0) is 24.1 Å². The highest BCUT2D eigenvalue weighted by Gasteiger charge is 2.49. The molecule has 4 nitrogen and oxygen atoms in total. The molecule has 2 heterocycles. The molecule has 4 heteroatoms. The quantitative estimate of drug-likeness (QED) is 0.829. The van der Waals surface area contributed by atoms with Crippen LogP contribution in [0, 0.1) is 0 Å². The summed E-state index contributed by atoms with van der Waals surface area (Å²) in [5.74, 6) is 1.10. The van der Waals surface area contributed by atoms with Gasteiger partial charge in [0, 0.05) is 19.5 Å². The number of hydrogen-bond acceptors (Lipinski definition) is 3. The number of ether oxygens (including phenoxy) is 1. The second kappa shape index (κ2) is 3.74. The van der Waals surface area contributed by atoms with Crippen LogP contribution >= 0.6 is 0 Å². The number of nitrogens with one attached hydrogen (secondary N) is 1. The predicted octanol–water partition coefficient (Wildman–Crippen LogP) is 1.07. The first kappa shape index (κ1) is 10.6. The standard InChI is InChI=1S/C13H16N2O2/c1-17-11-4-2-10(3-5-11)13-7-6-12(16)15(13)9-8-14-13/h2-5,14H,6-9H2,1H3. The minimum atomic E-state index is -0.261. The number of carbonyl (C=O) groups excluding carboxylic acids is 1. The Labute approximate surface area is 101 Å². The van der Waals surface area contributed by atoms with Gasteiger partial charge < -0.3 is 9.64 Å². The van der Waals surface area contributed by atoms with Gasteiger partial charge in [-0.2, -0.15) is 0 Å². The average Bonchev–Trinajstić information content (AvgIpc) is 2.92. The Morgan fingerprint density at radius 2 is 2.12 bits per heavy atom. The first-order valence-electron chi connectivity index (χ1n) is 5.96. The summed E-state index contributed by atoms with van der Waals surface area (Å²) in [5.41, 5.74) is 0.894. The van der Waals surface area contributed by atoms with Crippen LogP contribution in [-0.4, -0.2) is 31.0 Å². The fourth-order valence-electron chi connectivity index (χ4n) is 2.91. The van der Waals surface area contributed by atoms with E-state index in [0.717, 1.165) is 30.8 Å². The lowest BCUT2D eigenvalue weighted by Gasteiger charge is -2.32. The summed E-state index contributed by atoms with van der Waals surface area (Å²) in [6, 6.07) is 7.99. The molecule has 1 amide bonds. The molecule has 1 aromatic rings. The van der Waals surface area contributed by atoms with Gasteiger partial charge in [-0.25, -0.2) is 0 Å². The molecule has 3 rings (SSSR count). The molecule has 0 aromatic heterocycles. The zero-order valence-corrected chi connectivity index (χ0v) is 9.90. The summed E-state index contributed by atoms with van der Waals surface area (Å²) >= 11 is 0. The summed E-state index contributed by atoms with van der Waals surface area (Å²) in [6.45, 7) is 1.68. The fourth-order valence-corrected chi connectivity index (χ4v) is 2.91. The van der Waals surface area contributed by atoms with Crippen LogP contribution in [0.1, 0.15) is 18.4 Å². The smallest absolute Gasteiger partial charge is 0.224 e. The molecule has 0 spiro atoms. The molecule has 2 saturated heterocycles. The Hall–Kier alpha value is -1.55. The van der Waals surface area contributed by atoms with E-state index < -0.39 is 0 Å². The maximum absolute atomic E-state index is 11.8. The number of methoxy groups -OCH3 is 1. The fraction of sp³-hybridized carbons (Fsp3) is 0.462. The van der Waals surface area contributed by atoms with Crippen LogP contribution in [0.4, 0.5) is 0 Å². The Balaban J connectivity index is 1.98. The highest BCUT2D eigenvalue weighted by molar-refractivity contribution is 5.80. The van der Waals surface area contributed by atoms with Gasteiger partial charge >= 0.3 is 0 Å². The van der Waals surface area contributed by atoms with Crippen molar-refractivity contribution in [2.45, 2.75) is 18.5 Å². The van der Waals surface area contributed by atoms with E-state index in [0.29, 0.717) is 6.42 Å². The second-order valence-electron chi connectivity index (χ2n) is 4.56. The van der Waals surface area contributed by atoms with E-state index in [1.54, 1.807) is 7.11 Å². The third kappa shape index (κ3) is 1.44. The summed E-state index contributed by atoms with van der Waals surface area (Å²) in [5, 5.41) is 3.48. The number of hydrogen-bond donors (Lipinski definition) is 1.